The van der Waals surface area contributed by atoms with Gasteiger partial charge in [0.25, 0.3) is 0 Å². The number of benzene rings is 1. The van der Waals surface area contributed by atoms with Crippen molar-refractivity contribution in [3.63, 3.8) is 0 Å². The summed E-state index contributed by atoms with van der Waals surface area (Å²) in [5.41, 5.74) is 1.95. The summed E-state index contributed by atoms with van der Waals surface area (Å²) < 4.78 is 1.94. The Morgan fingerprint density at radius 2 is 1.95 bits per heavy atom. The Bertz CT molecular complexity index is 612. The molecule has 5 heteroatoms. The number of hydrogen-bond donors (Lipinski definition) is 3. The molecule has 0 amide bonds. The van der Waals surface area contributed by atoms with Gasteiger partial charge in [0.05, 0.1) is 6.42 Å². The predicted molar refractivity (Wildman–Crippen MR) is 82.1 cm³/mol. The third-order valence-corrected chi connectivity index (χ3v) is 3.00. The zero-order valence-corrected chi connectivity index (χ0v) is 12.7. The summed E-state index contributed by atoms with van der Waals surface area (Å²) in [6, 6.07) is 9.96. The van der Waals surface area contributed by atoms with Crippen molar-refractivity contribution in [2.45, 2.75) is 39.3 Å². The molecule has 1 heterocycles. The Morgan fingerprint density at radius 3 is 2.52 bits per heavy atom. The van der Waals surface area contributed by atoms with Crippen LogP contribution in [0.25, 0.3) is 11.3 Å². The Kier molecular flexibility index (Phi) is 4.31. The normalized spacial score (nSPS) is 11.4. The number of nitrogens with one attached hydrogen (secondary N) is 2. The minimum atomic E-state index is -0.798. The number of hydrogen-bond acceptors (Lipinski definition) is 2. The fourth-order valence-corrected chi connectivity index (χ4v) is 2.19. The van der Waals surface area contributed by atoms with Crippen LogP contribution in [0.1, 0.15) is 27.2 Å². The van der Waals surface area contributed by atoms with Crippen LogP contribution >= 0.6 is 0 Å². The molecular weight excluding hydrogens is 266 g/mol. The van der Waals surface area contributed by atoms with Gasteiger partial charge in [0.2, 0.25) is 12.1 Å². The van der Waals surface area contributed by atoms with Gasteiger partial charge in [-0.05, 0) is 20.8 Å². The molecule has 0 bridgehead atoms. The van der Waals surface area contributed by atoms with Gasteiger partial charge in [-0.1, -0.05) is 30.3 Å². The van der Waals surface area contributed by atoms with Crippen LogP contribution in [-0.2, 0) is 11.3 Å². The molecule has 5 nitrogen and oxygen atoms in total. The number of H-pyrrole nitrogens is 1. The smallest absolute Gasteiger partial charge is 0.307 e. The maximum atomic E-state index is 10.8. The van der Waals surface area contributed by atoms with E-state index >= 15 is 0 Å². The van der Waals surface area contributed by atoms with Crippen LogP contribution in [0.15, 0.2) is 36.7 Å². The van der Waals surface area contributed by atoms with Gasteiger partial charge in [-0.25, -0.2) is 9.55 Å². The second-order valence-electron chi connectivity index (χ2n) is 6.08. The summed E-state index contributed by atoms with van der Waals surface area (Å²) in [4.78, 5) is 14.0. The van der Waals surface area contributed by atoms with Crippen molar-refractivity contribution in [3.05, 3.63) is 36.7 Å². The third kappa shape index (κ3) is 4.08. The highest BCUT2D eigenvalue weighted by atomic mass is 16.4. The highest BCUT2D eigenvalue weighted by Gasteiger charge is 2.23. The number of aromatic amines is 1. The van der Waals surface area contributed by atoms with E-state index in [1.807, 2.05) is 41.2 Å². The molecule has 2 rings (SSSR count). The van der Waals surface area contributed by atoms with Gasteiger partial charge in [0, 0.05) is 11.1 Å². The molecule has 3 N–H and O–H groups in total. The number of anilines is 1. The van der Waals surface area contributed by atoms with Crippen LogP contribution < -0.4 is 9.88 Å². The fourth-order valence-electron chi connectivity index (χ4n) is 2.19. The molecule has 0 aliphatic carbocycles. The number of aryl methyl sites for hydroxylation is 1. The summed E-state index contributed by atoms with van der Waals surface area (Å²) in [6.07, 6.45) is 1.91. The standard InChI is InChI=1S/C16H21N3O2/c1-16(2,3)18-15-14(12-7-5-4-6-8-12)19(11-17-15)10-9-13(20)21/h4-8,11,18H,9-10H2,1-3H3,(H,20,21)/p+1. The number of carboxylic acids is 1. The van der Waals surface area contributed by atoms with Crippen molar-refractivity contribution in [1.29, 1.82) is 0 Å². The van der Waals surface area contributed by atoms with E-state index in [-0.39, 0.29) is 12.0 Å². The fraction of sp³-hybridized carbons (Fsp3) is 0.375. The van der Waals surface area contributed by atoms with Crippen LogP contribution in [0.4, 0.5) is 5.82 Å². The molecule has 0 radical (unpaired) electrons. The molecule has 0 atom stereocenters. The van der Waals surface area contributed by atoms with Gasteiger partial charge in [-0.2, -0.15) is 0 Å². The van der Waals surface area contributed by atoms with Crippen molar-refractivity contribution in [1.82, 2.24) is 4.98 Å². The quantitative estimate of drug-likeness (QED) is 0.741. The first-order valence-corrected chi connectivity index (χ1v) is 7.03. The summed E-state index contributed by atoms with van der Waals surface area (Å²) >= 11 is 0. The minimum Gasteiger partial charge on any atom is -0.481 e. The van der Waals surface area contributed by atoms with E-state index < -0.39 is 5.97 Å². The average molecular weight is 288 g/mol. The van der Waals surface area contributed by atoms with Crippen molar-refractivity contribution in [2.24, 2.45) is 0 Å². The van der Waals surface area contributed by atoms with Crippen molar-refractivity contribution in [2.75, 3.05) is 5.32 Å². The number of aliphatic carboxylic acids is 1. The van der Waals surface area contributed by atoms with Crippen LogP contribution in [-0.4, -0.2) is 21.6 Å². The molecule has 2 aromatic rings. The molecule has 0 fully saturated rings. The van der Waals surface area contributed by atoms with Gasteiger partial charge >= 0.3 is 5.97 Å². The number of nitrogens with zero attached hydrogens (tertiary/aromatic N) is 1. The molecule has 0 spiro atoms. The number of rotatable bonds is 5. The lowest BCUT2D eigenvalue weighted by Gasteiger charge is -2.19. The lowest BCUT2D eigenvalue weighted by atomic mass is 10.1. The van der Waals surface area contributed by atoms with Crippen LogP contribution in [0.5, 0.6) is 0 Å². The first-order chi connectivity index (χ1) is 9.87. The largest absolute Gasteiger partial charge is 0.481 e. The SMILES string of the molecule is CC(C)(C)Nc1[nH]c[n+](CCC(=O)O)c1-c1ccccc1. The maximum Gasteiger partial charge on any atom is 0.307 e. The van der Waals surface area contributed by atoms with Crippen LogP contribution in [0.2, 0.25) is 0 Å². The Morgan fingerprint density at radius 1 is 1.29 bits per heavy atom. The molecular formula is C16H22N3O2+. The molecule has 1 aromatic heterocycles. The van der Waals surface area contributed by atoms with E-state index in [2.05, 4.69) is 31.1 Å². The number of carbonyl (C=O) groups is 1. The van der Waals surface area contributed by atoms with E-state index in [1.54, 1.807) is 0 Å². The number of imidazole rings is 1. The topological polar surface area (TPSA) is 69.0 Å². The molecule has 0 saturated heterocycles. The van der Waals surface area contributed by atoms with Gasteiger partial charge in [0.1, 0.15) is 6.54 Å². The van der Waals surface area contributed by atoms with Gasteiger partial charge < -0.3 is 10.4 Å². The second-order valence-corrected chi connectivity index (χ2v) is 6.08. The summed E-state index contributed by atoms with van der Waals surface area (Å²) in [5, 5.41) is 12.3. The molecule has 0 saturated carbocycles. The third-order valence-electron chi connectivity index (χ3n) is 3.00. The van der Waals surface area contributed by atoms with E-state index in [0.29, 0.717) is 6.54 Å². The molecule has 0 aliphatic heterocycles. The molecule has 21 heavy (non-hydrogen) atoms. The monoisotopic (exact) mass is 288 g/mol. The summed E-state index contributed by atoms with van der Waals surface area (Å²) in [6.45, 7) is 6.69. The zero-order chi connectivity index (χ0) is 15.5. The molecule has 1 aromatic carbocycles. The lowest BCUT2D eigenvalue weighted by molar-refractivity contribution is -0.684. The highest BCUT2D eigenvalue weighted by Crippen LogP contribution is 2.25. The van der Waals surface area contributed by atoms with E-state index in [0.717, 1.165) is 17.1 Å². The molecule has 0 aliphatic rings. The summed E-state index contributed by atoms with van der Waals surface area (Å²) in [5.74, 6) is 0.104. The Hall–Kier alpha value is -2.30. The predicted octanol–water partition coefficient (Wildman–Crippen LogP) is 2.65. The minimum absolute atomic E-state index is 0.0843. The number of carboxylic acid groups (broad SMARTS) is 1. The second kappa shape index (κ2) is 5.99. The van der Waals surface area contributed by atoms with E-state index in [1.165, 1.54) is 0 Å². The van der Waals surface area contributed by atoms with Gasteiger partial charge in [0.15, 0.2) is 5.69 Å². The van der Waals surface area contributed by atoms with Crippen LogP contribution in [0.3, 0.4) is 0 Å². The Balaban J connectivity index is 2.40. The van der Waals surface area contributed by atoms with Crippen molar-refractivity contribution < 1.29 is 14.5 Å². The first kappa shape index (κ1) is 15.1. The maximum absolute atomic E-state index is 10.8. The van der Waals surface area contributed by atoms with Crippen molar-refractivity contribution in [3.8, 4) is 11.3 Å². The Labute approximate surface area is 124 Å². The van der Waals surface area contributed by atoms with E-state index in [4.69, 9.17) is 5.11 Å². The summed E-state index contributed by atoms with van der Waals surface area (Å²) in [7, 11) is 0. The highest BCUT2D eigenvalue weighted by molar-refractivity contribution is 5.69. The van der Waals surface area contributed by atoms with E-state index in [9.17, 15) is 4.79 Å². The lowest BCUT2D eigenvalue weighted by Crippen LogP contribution is -2.35. The average Bonchev–Trinajstić information content (AvgIpc) is 2.78. The van der Waals surface area contributed by atoms with Crippen LogP contribution in [0, 0.1) is 0 Å². The zero-order valence-electron chi connectivity index (χ0n) is 12.7. The molecule has 0 unspecified atom stereocenters. The number of aromatic nitrogens is 2. The first-order valence-electron chi connectivity index (χ1n) is 7.03. The van der Waals surface area contributed by atoms with Crippen molar-refractivity contribution >= 4 is 11.8 Å². The molecule has 112 valence electrons. The van der Waals surface area contributed by atoms with Gasteiger partial charge in [-0.3, -0.25) is 4.79 Å². The van der Waals surface area contributed by atoms with Gasteiger partial charge in [-0.15, -0.1) is 0 Å².